The Morgan fingerprint density at radius 1 is 0.954 bits per heavy atom. The molecule has 7 rings (SSSR count). The van der Waals surface area contributed by atoms with Gasteiger partial charge in [-0.25, -0.2) is 23.2 Å². The van der Waals surface area contributed by atoms with Crippen LogP contribution in [-0.2, 0) is 24.2 Å². The number of halogens is 3. The monoisotopic (exact) mass is 922 g/mol. The number of aromatic nitrogens is 3. The van der Waals surface area contributed by atoms with Crippen LogP contribution in [0.25, 0.3) is 22.4 Å². The second-order valence-electron chi connectivity index (χ2n) is 18.0. The topological polar surface area (TPSA) is 196 Å². The molecule has 4 aromatic rings. The number of piperazine rings is 1. The largest absolute Gasteiger partial charge is 0.573 e. The summed E-state index contributed by atoms with van der Waals surface area (Å²) >= 11 is 0. The molecular weight excluding hydrogens is 870 g/mol. The summed E-state index contributed by atoms with van der Waals surface area (Å²) in [6, 6.07) is 11.8. The van der Waals surface area contributed by atoms with Gasteiger partial charge in [0.1, 0.15) is 23.4 Å². The summed E-state index contributed by atoms with van der Waals surface area (Å²) in [6.45, 7) is 11.3. The molecule has 4 amide bonds. The maximum Gasteiger partial charge on any atom is 0.573 e. The zero-order valence-electron chi connectivity index (χ0n) is 37.1. The Morgan fingerprint density at radius 3 is 2.23 bits per heavy atom. The molecule has 0 unspecified atom stereocenters. The van der Waals surface area contributed by atoms with Gasteiger partial charge in [0, 0.05) is 55.5 Å². The number of sulfone groups is 1. The van der Waals surface area contributed by atoms with Crippen molar-refractivity contribution in [3.8, 4) is 28.1 Å². The number of hydrogen-bond acceptors (Lipinski definition) is 11. The zero-order chi connectivity index (χ0) is 47.2. The number of carbonyl (C=O) groups is 4. The molecule has 3 aliphatic rings. The Morgan fingerprint density at radius 2 is 1.65 bits per heavy atom. The molecule has 348 valence electrons. The Balaban J connectivity index is 1.04. The number of anilines is 2. The lowest BCUT2D eigenvalue weighted by atomic mass is 10.00. The first-order valence-corrected chi connectivity index (χ1v) is 23.2. The Kier molecular flexibility index (Phi) is 13.0. The number of methoxy groups -OCH3 is 1. The molecule has 1 aliphatic carbocycles. The molecule has 20 heteroatoms. The number of H-pyrrole nitrogens is 1. The van der Waals surface area contributed by atoms with Crippen LogP contribution >= 0.6 is 0 Å². The molecule has 65 heavy (non-hydrogen) atoms. The number of hydrogen-bond donors (Lipinski definition) is 3. The van der Waals surface area contributed by atoms with Gasteiger partial charge in [0.25, 0.3) is 5.91 Å². The van der Waals surface area contributed by atoms with Crippen LogP contribution in [0, 0.1) is 17.3 Å². The van der Waals surface area contributed by atoms with Gasteiger partial charge >= 0.3 is 12.5 Å². The third-order valence-electron chi connectivity index (χ3n) is 12.5. The number of pyridine rings is 1. The van der Waals surface area contributed by atoms with E-state index in [9.17, 15) is 40.8 Å². The second-order valence-corrected chi connectivity index (χ2v) is 20.3. The summed E-state index contributed by atoms with van der Waals surface area (Å²) in [5, 5.41) is 4.35. The predicted octanol–water partition coefficient (Wildman–Crippen LogP) is 6.44. The maximum absolute atomic E-state index is 13.8. The fraction of sp³-hybridized carbons (Fsp3) is 0.467. The summed E-state index contributed by atoms with van der Waals surface area (Å²) in [5.74, 6) is -0.913. The van der Waals surface area contributed by atoms with E-state index in [-0.39, 0.29) is 53.3 Å². The van der Waals surface area contributed by atoms with Crippen molar-refractivity contribution in [2.75, 3.05) is 49.8 Å². The Bertz CT molecular complexity index is 2550. The fourth-order valence-electron chi connectivity index (χ4n) is 8.52. The Hall–Kier alpha value is -6.18. The average molecular weight is 923 g/mol. The number of nitrogens with one attached hydrogen (secondary N) is 3. The first kappa shape index (κ1) is 46.8. The molecule has 2 saturated heterocycles. The molecule has 0 radical (unpaired) electrons. The lowest BCUT2D eigenvalue weighted by Gasteiger charge is -2.41. The minimum atomic E-state index is -5.07. The summed E-state index contributed by atoms with van der Waals surface area (Å²) in [5.41, 5.74) is 1.75. The Labute approximate surface area is 375 Å². The molecule has 5 atom stereocenters. The number of likely N-dealkylation sites (tertiary alicyclic amines) is 1. The van der Waals surface area contributed by atoms with E-state index in [1.807, 2.05) is 11.8 Å². The average Bonchev–Trinajstić information content (AvgIpc) is 3.56. The molecule has 3 fully saturated rings. The van der Waals surface area contributed by atoms with Crippen LogP contribution in [0.4, 0.5) is 29.5 Å². The molecule has 2 aromatic carbocycles. The number of carbonyl (C=O) groups excluding carboxylic acids is 4. The van der Waals surface area contributed by atoms with E-state index in [0.717, 1.165) is 18.7 Å². The van der Waals surface area contributed by atoms with Crippen molar-refractivity contribution in [3.05, 3.63) is 78.4 Å². The van der Waals surface area contributed by atoms with Gasteiger partial charge in [0.2, 0.25) is 11.8 Å². The first-order chi connectivity index (χ1) is 30.5. The molecule has 2 aromatic heterocycles. The van der Waals surface area contributed by atoms with Crippen LogP contribution in [0.1, 0.15) is 69.7 Å². The van der Waals surface area contributed by atoms with Crippen molar-refractivity contribution in [1.82, 2.24) is 30.1 Å². The van der Waals surface area contributed by atoms with E-state index in [0.29, 0.717) is 53.8 Å². The summed E-state index contributed by atoms with van der Waals surface area (Å²) in [6.07, 6.45) is -0.858. The van der Waals surface area contributed by atoms with Crippen LogP contribution in [0.5, 0.6) is 5.75 Å². The second kappa shape index (κ2) is 18.0. The van der Waals surface area contributed by atoms with Crippen molar-refractivity contribution in [1.29, 1.82) is 0 Å². The third-order valence-corrected chi connectivity index (χ3v) is 14.0. The fourth-order valence-corrected chi connectivity index (χ4v) is 9.49. The van der Waals surface area contributed by atoms with Gasteiger partial charge in [-0.2, -0.15) is 0 Å². The number of amides is 4. The van der Waals surface area contributed by atoms with Crippen molar-refractivity contribution in [2.24, 2.45) is 17.3 Å². The van der Waals surface area contributed by atoms with Crippen LogP contribution in [-0.4, -0.2) is 120 Å². The van der Waals surface area contributed by atoms with Gasteiger partial charge in [-0.1, -0.05) is 52.0 Å². The van der Waals surface area contributed by atoms with Gasteiger partial charge in [-0.3, -0.25) is 14.4 Å². The predicted molar refractivity (Wildman–Crippen MR) is 235 cm³/mol. The third kappa shape index (κ3) is 10.5. The molecule has 0 bridgehead atoms. The SMILES string of the molecule is COC(=O)N[C@H](C(=O)N1C[C@@H](S(C)(=O)=O)C[C@H]1c1ncc(-c2ccc(-c3ccc(C(=O)Nc4ccc(N5CCN(C(=O)[C@H]6CC6(C)C)C[C@H]5C)nc4)cc3OC(F)(F)F)cc2)[nH]1)C(C)C. The van der Waals surface area contributed by atoms with Crippen LogP contribution in [0.2, 0.25) is 0 Å². The normalized spacial score (nSPS) is 21.2. The molecule has 16 nitrogen and oxygen atoms in total. The molecular formula is C45H53F3N8O8S. The standard InChI is InChI=1S/C45H53F3N8O8S/c1-25(2)38(53-43(60)63-6)42(59)56-24-31(65(7,61)62)19-35(56)39-50-22-34(52-39)28-10-8-27(9-11-28)32-14-12-29(18-36(32)64-45(46,47)48)40(57)51-30-13-15-37(49-21-30)55-17-16-54(23-26(55)3)41(58)33-20-44(33,4)5/h8-15,18,21-22,25-26,31,33,35,38H,16-17,19-20,23-24H2,1-7H3,(H,50,52)(H,51,57)(H,53,60)/t26-,31+,33-,35+,38+/m1/s1. The molecule has 2 aliphatic heterocycles. The van der Waals surface area contributed by atoms with E-state index in [2.05, 4.69) is 49.1 Å². The highest BCUT2D eigenvalue weighted by molar-refractivity contribution is 7.91. The highest BCUT2D eigenvalue weighted by Gasteiger charge is 2.52. The number of imidazole rings is 1. The van der Waals surface area contributed by atoms with Gasteiger partial charge in [0.15, 0.2) is 9.84 Å². The quantitative estimate of drug-likeness (QED) is 0.142. The van der Waals surface area contributed by atoms with E-state index in [1.54, 1.807) is 50.2 Å². The number of rotatable bonds is 12. The number of alkyl carbamates (subject to hydrolysis) is 1. The first-order valence-electron chi connectivity index (χ1n) is 21.2. The highest BCUT2D eigenvalue weighted by atomic mass is 32.2. The van der Waals surface area contributed by atoms with Gasteiger partial charge in [0.05, 0.1) is 42.2 Å². The summed E-state index contributed by atoms with van der Waals surface area (Å²) < 4.78 is 75.7. The van der Waals surface area contributed by atoms with Crippen molar-refractivity contribution in [2.45, 2.75) is 77.2 Å². The van der Waals surface area contributed by atoms with Crippen LogP contribution in [0.3, 0.4) is 0 Å². The molecule has 3 N–H and O–H groups in total. The minimum absolute atomic E-state index is 0.0100. The number of benzene rings is 2. The van der Waals surface area contributed by atoms with Crippen LogP contribution in [0.15, 0.2) is 67.0 Å². The lowest BCUT2D eigenvalue weighted by molar-refractivity contribution is -0.274. The van der Waals surface area contributed by atoms with Crippen molar-refractivity contribution < 1.29 is 50.2 Å². The lowest BCUT2D eigenvalue weighted by Crippen LogP contribution is -2.54. The number of alkyl halides is 3. The van der Waals surface area contributed by atoms with Gasteiger partial charge in [-0.05, 0) is 72.6 Å². The van der Waals surface area contributed by atoms with Crippen molar-refractivity contribution in [3.63, 3.8) is 0 Å². The zero-order valence-corrected chi connectivity index (χ0v) is 37.9. The molecule has 0 spiro atoms. The maximum atomic E-state index is 13.8. The van der Waals surface area contributed by atoms with E-state index >= 15 is 0 Å². The van der Waals surface area contributed by atoms with Gasteiger partial charge < -0.3 is 39.8 Å². The van der Waals surface area contributed by atoms with E-state index in [1.165, 1.54) is 36.5 Å². The van der Waals surface area contributed by atoms with Gasteiger partial charge in [-0.15, -0.1) is 13.2 Å². The van der Waals surface area contributed by atoms with Crippen molar-refractivity contribution >= 4 is 45.2 Å². The minimum Gasteiger partial charge on any atom is -0.453 e. The van der Waals surface area contributed by atoms with E-state index in [4.69, 9.17) is 4.74 Å². The highest BCUT2D eigenvalue weighted by Crippen LogP contribution is 2.52. The van der Waals surface area contributed by atoms with Crippen LogP contribution < -0.4 is 20.3 Å². The summed E-state index contributed by atoms with van der Waals surface area (Å²) in [4.78, 5) is 69.8. The smallest absolute Gasteiger partial charge is 0.453 e. The number of ether oxygens (including phenoxy) is 2. The molecule has 1 saturated carbocycles. The summed E-state index contributed by atoms with van der Waals surface area (Å²) in [7, 11) is -2.40. The molecule has 4 heterocycles. The van der Waals surface area contributed by atoms with E-state index < -0.39 is 57.2 Å². The number of aromatic amines is 1. The number of nitrogens with zero attached hydrogens (tertiary/aromatic N) is 5.